The van der Waals surface area contributed by atoms with Gasteiger partial charge in [0.1, 0.15) is 11.4 Å². The highest BCUT2D eigenvalue weighted by molar-refractivity contribution is 5.78. The van der Waals surface area contributed by atoms with Crippen LogP contribution in [0.15, 0.2) is 36.4 Å². The summed E-state index contributed by atoms with van der Waals surface area (Å²) in [6, 6.07) is 11.3. The number of aromatic nitrogens is 3. The van der Waals surface area contributed by atoms with E-state index in [-0.39, 0.29) is 5.75 Å². The average molecular weight is 279 g/mol. The second kappa shape index (κ2) is 5.05. The Bertz CT molecular complexity index is 765. The monoisotopic (exact) mass is 279 g/mol. The fourth-order valence-electron chi connectivity index (χ4n) is 2.43. The maximum Gasteiger partial charge on any atom is 0.120 e. The molecule has 0 aliphatic heterocycles. The molecule has 4 heteroatoms. The molecule has 2 aromatic carbocycles. The molecule has 0 bridgehead atoms. The summed E-state index contributed by atoms with van der Waals surface area (Å²) in [6.45, 7) is 6.33. The lowest BCUT2D eigenvalue weighted by molar-refractivity contribution is 0.475. The van der Waals surface area contributed by atoms with Crippen molar-refractivity contribution in [3.63, 3.8) is 0 Å². The lowest BCUT2D eigenvalue weighted by Gasteiger charge is -2.08. The molecule has 21 heavy (non-hydrogen) atoms. The van der Waals surface area contributed by atoms with Gasteiger partial charge < -0.3 is 5.11 Å². The Balaban J connectivity index is 2.13. The average Bonchev–Trinajstić information content (AvgIpc) is 2.94. The molecule has 2 N–H and O–H groups in total. The minimum atomic E-state index is 0.245. The van der Waals surface area contributed by atoms with Crippen LogP contribution in [0.1, 0.15) is 16.7 Å². The molecule has 0 fully saturated rings. The van der Waals surface area contributed by atoms with E-state index in [2.05, 4.69) is 48.3 Å². The minimum absolute atomic E-state index is 0.245. The van der Waals surface area contributed by atoms with Crippen LogP contribution in [0.3, 0.4) is 0 Å². The van der Waals surface area contributed by atoms with E-state index in [1.165, 1.54) is 16.7 Å². The van der Waals surface area contributed by atoms with Crippen LogP contribution in [0.4, 0.5) is 0 Å². The number of nitrogens with one attached hydrogen (secondary N) is 1. The molecule has 0 radical (unpaired) electrons. The maximum atomic E-state index is 9.40. The zero-order valence-electron chi connectivity index (χ0n) is 12.3. The van der Waals surface area contributed by atoms with E-state index in [1.54, 1.807) is 12.1 Å². The zero-order valence-corrected chi connectivity index (χ0v) is 12.3. The predicted molar refractivity (Wildman–Crippen MR) is 83.1 cm³/mol. The van der Waals surface area contributed by atoms with Crippen molar-refractivity contribution in [2.24, 2.45) is 0 Å². The number of nitrogens with zero attached hydrogens (tertiary/aromatic N) is 2. The summed E-state index contributed by atoms with van der Waals surface area (Å²) in [7, 11) is 0. The van der Waals surface area contributed by atoms with Crippen molar-refractivity contribution in [3.8, 4) is 28.3 Å². The number of H-pyrrole nitrogens is 1. The van der Waals surface area contributed by atoms with E-state index in [1.807, 2.05) is 12.1 Å². The smallest absolute Gasteiger partial charge is 0.120 e. The van der Waals surface area contributed by atoms with Gasteiger partial charge in [-0.25, -0.2) is 0 Å². The normalized spacial score (nSPS) is 10.8. The highest BCUT2D eigenvalue weighted by Crippen LogP contribution is 2.31. The summed E-state index contributed by atoms with van der Waals surface area (Å²) in [5, 5.41) is 20.5. The van der Waals surface area contributed by atoms with Gasteiger partial charge in [-0.2, -0.15) is 0 Å². The highest BCUT2D eigenvalue weighted by atomic mass is 16.3. The molecule has 0 aliphatic carbocycles. The third-order valence-corrected chi connectivity index (χ3v) is 3.91. The molecule has 0 unspecified atom stereocenters. The molecule has 3 rings (SSSR count). The number of phenols is 1. The van der Waals surface area contributed by atoms with Crippen LogP contribution < -0.4 is 0 Å². The predicted octanol–water partition coefficient (Wildman–Crippen LogP) is 3.77. The molecular formula is C17H17N3O. The van der Waals surface area contributed by atoms with Crippen LogP contribution in [0.5, 0.6) is 5.75 Å². The first kappa shape index (κ1) is 13.4. The Morgan fingerprint density at radius 1 is 0.905 bits per heavy atom. The van der Waals surface area contributed by atoms with Crippen LogP contribution in [0, 0.1) is 20.8 Å². The second-order valence-corrected chi connectivity index (χ2v) is 5.32. The summed E-state index contributed by atoms with van der Waals surface area (Å²) in [5.41, 5.74) is 7.46. The molecule has 0 aliphatic rings. The second-order valence-electron chi connectivity index (χ2n) is 5.32. The van der Waals surface area contributed by atoms with Crippen molar-refractivity contribution in [2.45, 2.75) is 20.8 Å². The van der Waals surface area contributed by atoms with Crippen molar-refractivity contribution >= 4 is 0 Å². The molecule has 0 saturated carbocycles. The van der Waals surface area contributed by atoms with E-state index in [9.17, 15) is 5.11 Å². The van der Waals surface area contributed by atoms with E-state index in [4.69, 9.17) is 0 Å². The number of aryl methyl sites for hydroxylation is 2. The Labute approximate surface area is 123 Å². The van der Waals surface area contributed by atoms with Gasteiger partial charge in [0, 0.05) is 11.1 Å². The Morgan fingerprint density at radius 3 is 2.14 bits per heavy atom. The largest absolute Gasteiger partial charge is 0.508 e. The molecule has 3 aromatic rings. The van der Waals surface area contributed by atoms with Crippen molar-refractivity contribution in [1.29, 1.82) is 0 Å². The first-order valence-corrected chi connectivity index (χ1v) is 6.85. The number of rotatable bonds is 2. The maximum absolute atomic E-state index is 9.40. The first-order chi connectivity index (χ1) is 10.1. The molecule has 106 valence electrons. The van der Waals surface area contributed by atoms with E-state index in [0.717, 1.165) is 22.5 Å². The van der Waals surface area contributed by atoms with E-state index in [0.29, 0.717) is 0 Å². The lowest BCUT2D eigenvalue weighted by Crippen LogP contribution is -1.90. The van der Waals surface area contributed by atoms with E-state index >= 15 is 0 Å². The fraction of sp³-hybridized carbons (Fsp3) is 0.176. The van der Waals surface area contributed by atoms with Crippen LogP contribution in [-0.2, 0) is 0 Å². The number of benzene rings is 2. The summed E-state index contributed by atoms with van der Waals surface area (Å²) >= 11 is 0. The summed E-state index contributed by atoms with van der Waals surface area (Å²) in [6.07, 6.45) is 0. The molecule has 0 spiro atoms. The quantitative estimate of drug-likeness (QED) is 0.750. The molecule has 0 atom stereocenters. The van der Waals surface area contributed by atoms with Gasteiger partial charge in [-0.3, -0.25) is 5.10 Å². The van der Waals surface area contributed by atoms with Gasteiger partial charge >= 0.3 is 0 Å². The molecule has 1 heterocycles. The third kappa shape index (κ3) is 2.40. The van der Waals surface area contributed by atoms with Gasteiger partial charge in [-0.15, -0.1) is 5.10 Å². The number of aromatic amines is 1. The number of phenolic OH excluding ortho intramolecular Hbond substituents is 1. The SMILES string of the molecule is Cc1cc(-c2nn[nH]c2-c2ccc(O)cc2)cc(C)c1C. The highest BCUT2D eigenvalue weighted by Gasteiger charge is 2.13. The zero-order chi connectivity index (χ0) is 15.0. The Kier molecular flexibility index (Phi) is 3.22. The van der Waals surface area contributed by atoms with Crippen LogP contribution in [0.25, 0.3) is 22.5 Å². The van der Waals surface area contributed by atoms with Gasteiger partial charge in [-0.1, -0.05) is 5.21 Å². The summed E-state index contributed by atoms with van der Waals surface area (Å²) in [5.74, 6) is 0.245. The van der Waals surface area contributed by atoms with Gasteiger partial charge in [0.2, 0.25) is 0 Å². The Morgan fingerprint density at radius 2 is 1.52 bits per heavy atom. The van der Waals surface area contributed by atoms with Crippen LogP contribution in [0.2, 0.25) is 0 Å². The lowest BCUT2D eigenvalue weighted by atomic mass is 9.97. The third-order valence-electron chi connectivity index (χ3n) is 3.91. The van der Waals surface area contributed by atoms with Gasteiger partial charge in [0.25, 0.3) is 0 Å². The van der Waals surface area contributed by atoms with E-state index < -0.39 is 0 Å². The van der Waals surface area contributed by atoms with Crippen molar-refractivity contribution in [2.75, 3.05) is 0 Å². The molecule has 4 nitrogen and oxygen atoms in total. The summed E-state index contributed by atoms with van der Waals surface area (Å²) < 4.78 is 0. The molecule has 0 saturated heterocycles. The first-order valence-electron chi connectivity index (χ1n) is 6.85. The van der Waals surface area contributed by atoms with Gasteiger partial charge in [0.15, 0.2) is 0 Å². The topological polar surface area (TPSA) is 61.8 Å². The molecule has 0 amide bonds. The van der Waals surface area contributed by atoms with Gasteiger partial charge in [-0.05, 0) is 73.9 Å². The number of hydrogen-bond donors (Lipinski definition) is 2. The Hall–Kier alpha value is -2.62. The number of hydrogen-bond acceptors (Lipinski definition) is 3. The van der Waals surface area contributed by atoms with Crippen molar-refractivity contribution < 1.29 is 5.11 Å². The molecular weight excluding hydrogens is 262 g/mol. The van der Waals surface area contributed by atoms with Crippen molar-refractivity contribution in [3.05, 3.63) is 53.1 Å². The number of aromatic hydroxyl groups is 1. The molecule has 1 aromatic heterocycles. The van der Waals surface area contributed by atoms with Gasteiger partial charge in [0.05, 0.1) is 5.69 Å². The van der Waals surface area contributed by atoms with Crippen LogP contribution in [-0.4, -0.2) is 20.5 Å². The minimum Gasteiger partial charge on any atom is -0.508 e. The summed E-state index contributed by atoms with van der Waals surface area (Å²) in [4.78, 5) is 0. The van der Waals surface area contributed by atoms with Crippen LogP contribution >= 0.6 is 0 Å². The fourth-order valence-corrected chi connectivity index (χ4v) is 2.43. The standard InChI is InChI=1S/C17H17N3O/c1-10-8-14(9-11(2)12(10)3)17-16(18-20-19-17)13-4-6-15(21)7-5-13/h4-9,21H,1-3H3,(H,18,19,20). The van der Waals surface area contributed by atoms with Crippen molar-refractivity contribution in [1.82, 2.24) is 15.4 Å².